The zero-order chi connectivity index (χ0) is 12.4. The summed E-state index contributed by atoms with van der Waals surface area (Å²) in [5.74, 6) is 0. The molecule has 18 heavy (non-hydrogen) atoms. The van der Waals surface area contributed by atoms with Gasteiger partial charge in [-0.05, 0) is 16.7 Å². The summed E-state index contributed by atoms with van der Waals surface area (Å²) in [4.78, 5) is 2.33. The van der Waals surface area contributed by atoms with E-state index in [0.717, 1.165) is 13.1 Å². The zero-order valence-electron chi connectivity index (χ0n) is 10.3. The molecule has 0 fully saturated rings. The van der Waals surface area contributed by atoms with Gasteiger partial charge < -0.3 is 5.11 Å². The van der Waals surface area contributed by atoms with Crippen LogP contribution in [0.4, 0.5) is 0 Å². The molecule has 0 radical (unpaired) electrons. The molecule has 0 aromatic heterocycles. The molecule has 0 bridgehead atoms. The van der Waals surface area contributed by atoms with E-state index in [0.29, 0.717) is 0 Å². The Kier molecular flexibility index (Phi) is 3.13. The van der Waals surface area contributed by atoms with E-state index in [1.165, 1.54) is 16.7 Å². The largest absolute Gasteiger partial charge is 0.394 e. The fraction of sp³-hybridized carbons (Fsp3) is 0.250. The van der Waals surface area contributed by atoms with Crippen LogP contribution in [0, 0.1) is 0 Å². The van der Waals surface area contributed by atoms with Crippen molar-refractivity contribution >= 4 is 0 Å². The molecule has 0 unspecified atom stereocenters. The molecule has 0 saturated carbocycles. The second-order valence-corrected chi connectivity index (χ2v) is 4.78. The molecule has 1 N–H and O–H groups in total. The summed E-state index contributed by atoms with van der Waals surface area (Å²) in [5.41, 5.74) is 3.95. The quantitative estimate of drug-likeness (QED) is 0.890. The number of aliphatic hydroxyl groups excluding tert-OH is 1. The molecule has 92 valence electrons. The minimum Gasteiger partial charge on any atom is -0.394 e. The van der Waals surface area contributed by atoms with Gasteiger partial charge in [0.15, 0.2) is 0 Å². The first kappa shape index (κ1) is 11.5. The maximum Gasteiger partial charge on any atom is 0.0628 e. The lowest BCUT2D eigenvalue weighted by molar-refractivity contribution is 0.122. The SMILES string of the molecule is OC[C@H](c1ccccc1)N1Cc2ccccc2C1. The van der Waals surface area contributed by atoms with Gasteiger partial charge in [0.1, 0.15) is 0 Å². The molecule has 1 aliphatic rings. The lowest BCUT2D eigenvalue weighted by atomic mass is 10.1. The monoisotopic (exact) mass is 239 g/mol. The van der Waals surface area contributed by atoms with Crippen molar-refractivity contribution in [2.24, 2.45) is 0 Å². The van der Waals surface area contributed by atoms with Crippen molar-refractivity contribution in [3.05, 3.63) is 71.3 Å². The highest BCUT2D eigenvalue weighted by Gasteiger charge is 2.25. The van der Waals surface area contributed by atoms with E-state index in [4.69, 9.17) is 0 Å². The topological polar surface area (TPSA) is 23.5 Å². The third kappa shape index (κ3) is 2.05. The molecular formula is C16H17NO. The number of benzene rings is 2. The molecule has 0 aliphatic carbocycles. The summed E-state index contributed by atoms with van der Waals surface area (Å²) >= 11 is 0. The van der Waals surface area contributed by atoms with Crippen LogP contribution in [0.1, 0.15) is 22.7 Å². The van der Waals surface area contributed by atoms with E-state index in [1.807, 2.05) is 18.2 Å². The minimum absolute atomic E-state index is 0.0959. The third-order valence-corrected chi connectivity index (χ3v) is 3.66. The van der Waals surface area contributed by atoms with E-state index in [2.05, 4.69) is 41.3 Å². The van der Waals surface area contributed by atoms with Crippen LogP contribution >= 0.6 is 0 Å². The Hall–Kier alpha value is -1.64. The number of aliphatic hydroxyl groups is 1. The van der Waals surface area contributed by atoms with Crippen molar-refractivity contribution in [1.82, 2.24) is 4.90 Å². The highest BCUT2D eigenvalue weighted by molar-refractivity contribution is 5.31. The molecule has 3 rings (SSSR count). The van der Waals surface area contributed by atoms with Gasteiger partial charge in [-0.15, -0.1) is 0 Å². The van der Waals surface area contributed by atoms with Crippen LogP contribution in [-0.2, 0) is 13.1 Å². The van der Waals surface area contributed by atoms with Crippen molar-refractivity contribution in [2.45, 2.75) is 19.1 Å². The fourth-order valence-corrected chi connectivity index (χ4v) is 2.69. The second-order valence-electron chi connectivity index (χ2n) is 4.78. The van der Waals surface area contributed by atoms with Gasteiger partial charge in [-0.2, -0.15) is 0 Å². The van der Waals surface area contributed by atoms with Crippen LogP contribution in [0.2, 0.25) is 0 Å². The average molecular weight is 239 g/mol. The van der Waals surface area contributed by atoms with Crippen molar-refractivity contribution in [3.8, 4) is 0 Å². The highest BCUT2D eigenvalue weighted by Crippen LogP contribution is 2.30. The van der Waals surface area contributed by atoms with Gasteiger partial charge in [-0.1, -0.05) is 54.6 Å². The molecule has 1 aliphatic heterocycles. The molecule has 2 aromatic rings. The minimum atomic E-state index is 0.0959. The molecule has 2 aromatic carbocycles. The van der Waals surface area contributed by atoms with E-state index < -0.39 is 0 Å². The molecule has 2 heteroatoms. The van der Waals surface area contributed by atoms with Crippen LogP contribution in [0.15, 0.2) is 54.6 Å². The van der Waals surface area contributed by atoms with Crippen LogP contribution in [0.3, 0.4) is 0 Å². The lowest BCUT2D eigenvalue weighted by Gasteiger charge is -2.26. The van der Waals surface area contributed by atoms with Gasteiger partial charge in [0.2, 0.25) is 0 Å². The smallest absolute Gasteiger partial charge is 0.0628 e. The highest BCUT2D eigenvalue weighted by atomic mass is 16.3. The summed E-state index contributed by atoms with van der Waals surface area (Å²) in [6.45, 7) is 2.02. The molecule has 1 heterocycles. The Morgan fingerprint density at radius 2 is 1.44 bits per heavy atom. The van der Waals surface area contributed by atoms with Gasteiger partial charge in [-0.3, -0.25) is 4.90 Å². The van der Waals surface area contributed by atoms with Crippen LogP contribution in [0.5, 0.6) is 0 Å². The predicted octanol–water partition coefficient (Wildman–Crippen LogP) is 2.74. The van der Waals surface area contributed by atoms with E-state index in [1.54, 1.807) is 0 Å². The fourth-order valence-electron chi connectivity index (χ4n) is 2.69. The first-order valence-corrected chi connectivity index (χ1v) is 6.35. The average Bonchev–Trinajstić information content (AvgIpc) is 2.84. The van der Waals surface area contributed by atoms with Crippen LogP contribution in [0.25, 0.3) is 0 Å². The number of rotatable bonds is 3. The summed E-state index contributed by atoms with van der Waals surface area (Å²) < 4.78 is 0. The molecule has 0 spiro atoms. The van der Waals surface area contributed by atoms with Crippen LogP contribution < -0.4 is 0 Å². The maximum absolute atomic E-state index is 9.68. The van der Waals surface area contributed by atoms with Crippen LogP contribution in [-0.4, -0.2) is 16.6 Å². The first-order chi connectivity index (χ1) is 8.88. The number of hydrogen-bond acceptors (Lipinski definition) is 2. The number of hydrogen-bond donors (Lipinski definition) is 1. The van der Waals surface area contributed by atoms with Gasteiger partial charge in [-0.25, -0.2) is 0 Å². The summed E-state index contributed by atoms with van der Waals surface area (Å²) in [7, 11) is 0. The Labute approximate surface area is 107 Å². The molecular weight excluding hydrogens is 222 g/mol. The Balaban J connectivity index is 1.84. The van der Waals surface area contributed by atoms with Gasteiger partial charge in [0.25, 0.3) is 0 Å². The lowest BCUT2D eigenvalue weighted by Crippen LogP contribution is -2.26. The van der Waals surface area contributed by atoms with Crippen molar-refractivity contribution < 1.29 is 5.11 Å². The maximum atomic E-state index is 9.68. The first-order valence-electron chi connectivity index (χ1n) is 6.35. The van der Waals surface area contributed by atoms with Gasteiger partial charge >= 0.3 is 0 Å². The zero-order valence-corrected chi connectivity index (χ0v) is 10.3. The summed E-state index contributed by atoms with van der Waals surface area (Å²) in [6, 6.07) is 18.9. The number of nitrogens with zero attached hydrogens (tertiary/aromatic N) is 1. The molecule has 0 saturated heterocycles. The third-order valence-electron chi connectivity index (χ3n) is 3.66. The van der Waals surface area contributed by atoms with Crippen molar-refractivity contribution in [3.63, 3.8) is 0 Å². The Bertz CT molecular complexity index is 499. The van der Waals surface area contributed by atoms with Crippen molar-refractivity contribution in [1.29, 1.82) is 0 Å². The molecule has 2 nitrogen and oxygen atoms in total. The van der Waals surface area contributed by atoms with E-state index in [9.17, 15) is 5.11 Å². The van der Waals surface area contributed by atoms with Gasteiger partial charge in [0, 0.05) is 13.1 Å². The molecule has 1 atom stereocenters. The van der Waals surface area contributed by atoms with Gasteiger partial charge in [0.05, 0.1) is 12.6 Å². The standard InChI is InChI=1S/C16H17NO/c18-12-16(13-6-2-1-3-7-13)17-10-14-8-4-5-9-15(14)11-17/h1-9,16,18H,10-12H2/t16-/m1/s1. The predicted molar refractivity (Wildman–Crippen MR) is 72.0 cm³/mol. The Morgan fingerprint density at radius 1 is 0.889 bits per heavy atom. The molecule has 0 amide bonds. The summed E-state index contributed by atoms with van der Waals surface area (Å²) in [6.07, 6.45) is 0. The van der Waals surface area contributed by atoms with Crippen molar-refractivity contribution in [2.75, 3.05) is 6.61 Å². The van der Waals surface area contributed by atoms with E-state index >= 15 is 0 Å². The second kappa shape index (κ2) is 4.92. The van der Waals surface area contributed by atoms with E-state index in [-0.39, 0.29) is 12.6 Å². The summed E-state index contributed by atoms with van der Waals surface area (Å²) in [5, 5.41) is 9.68. The Morgan fingerprint density at radius 3 is 2.00 bits per heavy atom. The normalized spacial score (nSPS) is 16.5. The number of fused-ring (bicyclic) bond motifs is 1.